The van der Waals surface area contributed by atoms with Gasteiger partial charge < -0.3 is 0 Å². The number of nitrogens with zero attached hydrogens (tertiary/aromatic N) is 6. The highest BCUT2D eigenvalue weighted by Crippen LogP contribution is 2.31. The number of rotatable bonds is 5. The van der Waals surface area contributed by atoms with Crippen LogP contribution < -0.4 is 0 Å². The number of aryl methyl sites for hydroxylation is 1. The molecule has 0 bridgehead atoms. The Bertz CT molecular complexity index is 524. The molecular formula is C7H8N6O2S2. The monoisotopic (exact) mass is 272 g/mol. The molecule has 2 aromatic heterocycles. The summed E-state index contributed by atoms with van der Waals surface area (Å²) in [7, 11) is 0. The van der Waals surface area contributed by atoms with Crippen LogP contribution in [0.15, 0.2) is 15.7 Å². The van der Waals surface area contributed by atoms with Crippen LogP contribution in [0.2, 0.25) is 0 Å². The van der Waals surface area contributed by atoms with E-state index in [1.807, 2.05) is 6.92 Å². The van der Waals surface area contributed by atoms with Crippen LogP contribution in [0.3, 0.4) is 0 Å². The van der Waals surface area contributed by atoms with Gasteiger partial charge in [-0.1, -0.05) is 6.92 Å². The van der Waals surface area contributed by atoms with Crippen molar-refractivity contribution in [2.24, 2.45) is 0 Å². The van der Waals surface area contributed by atoms with E-state index in [1.165, 1.54) is 22.8 Å². The molecule has 17 heavy (non-hydrogen) atoms. The Hall–Kier alpha value is -1.55. The average molecular weight is 272 g/mol. The molecule has 0 atom stereocenters. The number of thiazole rings is 1. The Morgan fingerprint density at radius 2 is 2.47 bits per heavy atom. The van der Waals surface area contributed by atoms with Gasteiger partial charge in [0.2, 0.25) is 5.16 Å². The first kappa shape index (κ1) is 11.9. The van der Waals surface area contributed by atoms with Crippen molar-refractivity contribution < 1.29 is 4.92 Å². The van der Waals surface area contributed by atoms with Crippen LogP contribution in [-0.4, -0.2) is 30.1 Å². The molecule has 0 fully saturated rings. The predicted molar refractivity (Wildman–Crippen MR) is 61.0 cm³/mol. The van der Waals surface area contributed by atoms with E-state index in [-0.39, 0.29) is 5.00 Å². The summed E-state index contributed by atoms with van der Waals surface area (Å²) in [4.78, 5) is 15.4. The highest BCUT2D eigenvalue weighted by atomic mass is 32.2. The van der Waals surface area contributed by atoms with Crippen molar-refractivity contribution >= 4 is 28.1 Å². The van der Waals surface area contributed by atoms with Crippen molar-refractivity contribution in [1.82, 2.24) is 25.2 Å². The lowest BCUT2D eigenvalue weighted by molar-refractivity contribution is -0.380. The van der Waals surface area contributed by atoms with Crippen molar-refractivity contribution in [3.8, 4) is 0 Å². The molecule has 10 heteroatoms. The SMILES string of the molecule is CCCn1nnc(Sc2ncc([N+](=O)[O-])s2)n1. The molecule has 2 aromatic rings. The normalized spacial score (nSPS) is 10.6. The third kappa shape index (κ3) is 2.97. The summed E-state index contributed by atoms with van der Waals surface area (Å²) in [5.41, 5.74) is 0. The number of hydrogen-bond donors (Lipinski definition) is 0. The van der Waals surface area contributed by atoms with Gasteiger partial charge in [-0.05, 0) is 34.7 Å². The largest absolute Gasteiger partial charge is 0.344 e. The molecule has 0 unspecified atom stereocenters. The second kappa shape index (κ2) is 5.19. The number of aromatic nitrogens is 5. The Morgan fingerprint density at radius 1 is 1.65 bits per heavy atom. The number of nitro groups is 1. The minimum atomic E-state index is -0.469. The molecule has 0 aromatic carbocycles. The molecule has 90 valence electrons. The van der Waals surface area contributed by atoms with E-state index in [0.717, 1.165) is 17.8 Å². The topological polar surface area (TPSA) is 99.6 Å². The van der Waals surface area contributed by atoms with Crippen LogP contribution >= 0.6 is 23.1 Å². The van der Waals surface area contributed by atoms with E-state index in [4.69, 9.17) is 0 Å². The van der Waals surface area contributed by atoms with Gasteiger partial charge in [0.05, 0.1) is 11.5 Å². The molecule has 2 rings (SSSR count). The van der Waals surface area contributed by atoms with E-state index in [1.54, 1.807) is 0 Å². The summed E-state index contributed by atoms with van der Waals surface area (Å²) in [6.07, 6.45) is 2.15. The smallest absolute Gasteiger partial charge is 0.257 e. The standard InChI is InChI=1S/C7H8N6O2S2/c1-2-3-12-10-6(9-11-12)17-7-8-4-5(16-7)13(14)15/h4H,2-3H2,1H3. The summed E-state index contributed by atoms with van der Waals surface area (Å²) >= 11 is 2.16. The minimum absolute atomic E-state index is 0.00782. The quantitative estimate of drug-likeness (QED) is 0.602. The summed E-state index contributed by atoms with van der Waals surface area (Å²) < 4.78 is 0.535. The van der Waals surface area contributed by atoms with E-state index < -0.39 is 4.92 Å². The first-order valence-corrected chi connectivity index (χ1v) is 6.38. The molecule has 0 aliphatic carbocycles. The molecule has 0 amide bonds. The van der Waals surface area contributed by atoms with Crippen LogP contribution in [0.25, 0.3) is 0 Å². The van der Waals surface area contributed by atoms with Gasteiger partial charge >= 0.3 is 5.00 Å². The van der Waals surface area contributed by atoms with E-state index in [2.05, 4.69) is 20.4 Å². The Labute approximate surface area is 104 Å². The Balaban J connectivity index is 2.05. The van der Waals surface area contributed by atoms with E-state index >= 15 is 0 Å². The van der Waals surface area contributed by atoms with E-state index in [9.17, 15) is 10.1 Å². The van der Waals surface area contributed by atoms with Crippen molar-refractivity contribution in [3.05, 3.63) is 16.3 Å². The number of tetrazole rings is 1. The van der Waals surface area contributed by atoms with Gasteiger partial charge in [-0.25, -0.2) is 4.98 Å². The Kier molecular flexibility index (Phi) is 3.64. The lowest BCUT2D eigenvalue weighted by Crippen LogP contribution is -2.00. The third-order valence-corrected chi connectivity index (χ3v) is 3.56. The number of hydrogen-bond acceptors (Lipinski definition) is 8. The average Bonchev–Trinajstić information content (AvgIpc) is 2.89. The Morgan fingerprint density at radius 3 is 3.12 bits per heavy atom. The highest BCUT2D eigenvalue weighted by Gasteiger charge is 2.14. The molecule has 0 saturated heterocycles. The summed E-state index contributed by atoms with van der Waals surface area (Å²) in [5.74, 6) is 0. The first-order valence-electron chi connectivity index (χ1n) is 4.75. The molecule has 0 spiro atoms. The zero-order valence-electron chi connectivity index (χ0n) is 8.81. The van der Waals surface area contributed by atoms with E-state index in [0.29, 0.717) is 16.0 Å². The molecule has 0 N–H and O–H groups in total. The van der Waals surface area contributed by atoms with Crippen molar-refractivity contribution in [3.63, 3.8) is 0 Å². The van der Waals surface area contributed by atoms with Gasteiger partial charge in [0.25, 0.3) is 0 Å². The molecule has 0 radical (unpaired) electrons. The maximum absolute atomic E-state index is 10.5. The highest BCUT2D eigenvalue weighted by molar-refractivity contribution is 8.00. The molecule has 0 aliphatic heterocycles. The second-order valence-corrected chi connectivity index (χ2v) is 5.21. The summed E-state index contributed by atoms with van der Waals surface area (Å²) in [6.45, 7) is 2.71. The zero-order chi connectivity index (χ0) is 12.3. The fourth-order valence-corrected chi connectivity index (χ4v) is 2.61. The molecule has 0 saturated carbocycles. The van der Waals surface area contributed by atoms with Gasteiger partial charge in [0.1, 0.15) is 6.20 Å². The summed E-state index contributed by atoms with van der Waals surface area (Å²) in [5, 5.41) is 22.7. The lowest BCUT2D eigenvalue weighted by Gasteiger charge is -1.90. The first-order chi connectivity index (χ1) is 8.19. The molecular weight excluding hydrogens is 264 g/mol. The van der Waals surface area contributed by atoms with Crippen molar-refractivity contribution in [1.29, 1.82) is 0 Å². The summed E-state index contributed by atoms with van der Waals surface area (Å²) in [6, 6.07) is 0. The zero-order valence-corrected chi connectivity index (χ0v) is 10.4. The molecule has 0 aliphatic rings. The second-order valence-electron chi connectivity index (χ2n) is 2.99. The minimum Gasteiger partial charge on any atom is -0.257 e. The molecule has 2 heterocycles. The maximum atomic E-state index is 10.5. The van der Waals surface area contributed by atoms with Gasteiger partial charge in [0, 0.05) is 0 Å². The maximum Gasteiger partial charge on any atom is 0.344 e. The fraction of sp³-hybridized carbons (Fsp3) is 0.429. The van der Waals surface area contributed by atoms with Crippen LogP contribution in [0.4, 0.5) is 5.00 Å². The van der Waals surface area contributed by atoms with Gasteiger partial charge in [-0.3, -0.25) is 10.1 Å². The van der Waals surface area contributed by atoms with Crippen LogP contribution in [0.1, 0.15) is 13.3 Å². The predicted octanol–water partition coefficient (Wildman–Crippen LogP) is 1.60. The van der Waals surface area contributed by atoms with Crippen molar-refractivity contribution in [2.45, 2.75) is 29.4 Å². The van der Waals surface area contributed by atoms with Crippen LogP contribution in [0.5, 0.6) is 0 Å². The fourth-order valence-electron chi connectivity index (χ4n) is 1.02. The van der Waals surface area contributed by atoms with Gasteiger partial charge in [-0.15, -0.1) is 10.2 Å². The van der Waals surface area contributed by atoms with Crippen LogP contribution in [0, 0.1) is 10.1 Å². The van der Waals surface area contributed by atoms with Gasteiger partial charge in [-0.2, -0.15) is 4.80 Å². The van der Waals surface area contributed by atoms with Crippen LogP contribution in [-0.2, 0) is 6.54 Å². The van der Waals surface area contributed by atoms with Crippen molar-refractivity contribution in [2.75, 3.05) is 0 Å². The molecule has 8 nitrogen and oxygen atoms in total. The lowest BCUT2D eigenvalue weighted by atomic mass is 10.5. The van der Waals surface area contributed by atoms with Gasteiger partial charge in [0.15, 0.2) is 4.34 Å². The third-order valence-electron chi connectivity index (χ3n) is 1.69.